The van der Waals surface area contributed by atoms with Crippen LogP contribution < -0.4 is 0 Å². The Labute approximate surface area is 108 Å². The van der Waals surface area contributed by atoms with E-state index in [9.17, 15) is 0 Å². The number of thioether (sulfide) groups is 1. The van der Waals surface area contributed by atoms with Crippen molar-refractivity contribution in [2.45, 2.75) is 10.9 Å². The van der Waals surface area contributed by atoms with Gasteiger partial charge in [0.25, 0.3) is 0 Å². The Hall–Kier alpha value is -1.95. The van der Waals surface area contributed by atoms with Crippen LogP contribution in [-0.4, -0.2) is 25.2 Å². The van der Waals surface area contributed by atoms with E-state index in [-0.39, 0.29) is 0 Å². The first-order valence-corrected chi connectivity index (χ1v) is 6.51. The molecule has 2 heterocycles. The average Bonchev–Trinajstić information content (AvgIpc) is 2.82. The smallest absolute Gasteiger partial charge is 0.209 e. The lowest BCUT2D eigenvalue weighted by Gasteiger charge is -2.04. The second-order valence-corrected chi connectivity index (χ2v) is 4.81. The Bertz CT molecular complexity index is 674. The van der Waals surface area contributed by atoms with Crippen LogP contribution in [0.3, 0.4) is 0 Å². The summed E-state index contributed by atoms with van der Waals surface area (Å²) in [5, 5.41) is 13.4. The van der Waals surface area contributed by atoms with E-state index in [1.807, 2.05) is 19.3 Å². The molecule has 6 heteroatoms. The van der Waals surface area contributed by atoms with Crippen molar-refractivity contribution >= 4 is 22.7 Å². The van der Waals surface area contributed by atoms with Gasteiger partial charge in [0.2, 0.25) is 5.16 Å². The van der Waals surface area contributed by atoms with Crippen molar-refractivity contribution in [3.63, 3.8) is 0 Å². The van der Waals surface area contributed by atoms with Gasteiger partial charge in [-0.05, 0) is 22.1 Å². The molecule has 0 fully saturated rings. The molecule has 3 aromatic rings. The van der Waals surface area contributed by atoms with Crippen LogP contribution in [0.15, 0.2) is 41.7 Å². The standard InChI is InChI=1S/C12H11N5S/c1-17-12(14-15-16-17)18-8-10-5-2-4-9-6-3-7-13-11(9)10/h2-7H,8H2,1H3. The van der Waals surface area contributed by atoms with Crippen LogP contribution in [-0.2, 0) is 12.8 Å². The summed E-state index contributed by atoms with van der Waals surface area (Å²) in [4.78, 5) is 4.43. The van der Waals surface area contributed by atoms with Crippen LogP contribution >= 0.6 is 11.8 Å². The molecular formula is C12H11N5S. The van der Waals surface area contributed by atoms with Crippen molar-refractivity contribution in [2.75, 3.05) is 0 Å². The quantitative estimate of drug-likeness (QED) is 0.672. The fraction of sp³-hybridized carbons (Fsp3) is 0.167. The highest BCUT2D eigenvalue weighted by Crippen LogP contribution is 2.24. The lowest BCUT2D eigenvalue weighted by Crippen LogP contribution is -1.94. The molecule has 0 N–H and O–H groups in total. The minimum Gasteiger partial charge on any atom is -0.256 e. The molecule has 2 aromatic heterocycles. The lowest BCUT2D eigenvalue weighted by molar-refractivity contribution is 0.664. The number of aromatic nitrogens is 5. The third kappa shape index (κ3) is 2.06. The largest absolute Gasteiger partial charge is 0.256 e. The van der Waals surface area contributed by atoms with Gasteiger partial charge in [-0.15, -0.1) is 5.10 Å². The van der Waals surface area contributed by atoms with E-state index in [2.05, 4.69) is 44.8 Å². The zero-order valence-corrected chi connectivity index (χ0v) is 10.6. The summed E-state index contributed by atoms with van der Waals surface area (Å²) in [6, 6.07) is 10.2. The molecule has 5 nitrogen and oxygen atoms in total. The number of aryl methyl sites for hydroxylation is 1. The van der Waals surface area contributed by atoms with E-state index < -0.39 is 0 Å². The first kappa shape index (κ1) is 11.2. The second kappa shape index (κ2) is 4.73. The molecule has 0 saturated heterocycles. The van der Waals surface area contributed by atoms with Gasteiger partial charge < -0.3 is 0 Å². The normalized spacial score (nSPS) is 10.9. The van der Waals surface area contributed by atoms with Crippen molar-refractivity contribution in [2.24, 2.45) is 7.05 Å². The van der Waals surface area contributed by atoms with E-state index in [0.29, 0.717) is 0 Å². The summed E-state index contributed by atoms with van der Waals surface area (Å²) in [6.07, 6.45) is 1.82. The van der Waals surface area contributed by atoms with Crippen LogP contribution in [0.25, 0.3) is 10.9 Å². The number of benzene rings is 1. The summed E-state index contributed by atoms with van der Waals surface area (Å²) < 4.78 is 1.67. The zero-order chi connectivity index (χ0) is 12.4. The lowest BCUT2D eigenvalue weighted by atomic mass is 10.1. The van der Waals surface area contributed by atoms with Crippen molar-refractivity contribution in [1.82, 2.24) is 25.2 Å². The Morgan fingerprint density at radius 3 is 2.94 bits per heavy atom. The van der Waals surface area contributed by atoms with Crippen molar-refractivity contribution in [3.05, 3.63) is 42.1 Å². The van der Waals surface area contributed by atoms with Crippen LogP contribution in [0, 0.1) is 0 Å². The Morgan fingerprint density at radius 1 is 1.22 bits per heavy atom. The highest BCUT2D eigenvalue weighted by atomic mass is 32.2. The first-order chi connectivity index (χ1) is 8.84. The monoisotopic (exact) mass is 257 g/mol. The zero-order valence-electron chi connectivity index (χ0n) is 9.82. The maximum absolute atomic E-state index is 4.43. The molecule has 0 unspecified atom stereocenters. The van der Waals surface area contributed by atoms with Crippen molar-refractivity contribution in [3.8, 4) is 0 Å². The summed E-state index contributed by atoms with van der Waals surface area (Å²) in [5.74, 6) is 0.808. The van der Waals surface area contributed by atoms with Gasteiger partial charge in [-0.25, -0.2) is 4.68 Å². The number of fused-ring (bicyclic) bond motifs is 1. The van der Waals surface area contributed by atoms with Gasteiger partial charge in [0, 0.05) is 24.4 Å². The van der Waals surface area contributed by atoms with E-state index in [1.165, 1.54) is 5.56 Å². The van der Waals surface area contributed by atoms with E-state index in [4.69, 9.17) is 0 Å². The summed E-state index contributed by atoms with van der Waals surface area (Å²) in [7, 11) is 1.84. The molecule has 0 aliphatic carbocycles. The van der Waals surface area contributed by atoms with Crippen LogP contribution in [0.1, 0.15) is 5.56 Å². The predicted octanol–water partition coefficient (Wildman–Crippen LogP) is 2.05. The molecule has 0 aliphatic heterocycles. The molecule has 0 atom stereocenters. The number of hydrogen-bond acceptors (Lipinski definition) is 5. The molecule has 0 aliphatic rings. The first-order valence-electron chi connectivity index (χ1n) is 5.52. The Balaban J connectivity index is 1.89. The van der Waals surface area contributed by atoms with Crippen molar-refractivity contribution < 1.29 is 0 Å². The number of nitrogens with zero attached hydrogens (tertiary/aromatic N) is 5. The van der Waals surface area contributed by atoms with Crippen molar-refractivity contribution in [1.29, 1.82) is 0 Å². The van der Waals surface area contributed by atoms with E-state index >= 15 is 0 Å². The Morgan fingerprint density at radius 2 is 2.11 bits per heavy atom. The number of para-hydroxylation sites is 1. The predicted molar refractivity (Wildman–Crippen MR) is 70.1 cm³/mol. The molecule has 3 rings (SSSR count). The average molecular weight is 257 g/mol. The number of rotatable bonds is 3. The molecule has 0 saturated carbocycles. The third-order valence-electron chi connectivity index (χ3n) is 2.65. The van der Waals surface area contributed by atoms with E-state index in [1.54, 1.807) is 16.4 Å². The minimum atomic E-state index is 0.808. The van der Waals surface area contributed by atoms with Crippen LogP contribution in [0.2, 0.25) is 0 Å². The minimum absolute atomic E-state index is 0.808. The highest BCUT2D eigenvalue weighted by molar-refractivity contribution is 7.98. The number of tetrazole rings is 1. The molecule has 90 valence electrons. The second-order valence-electron chi connectivity index (χ2n) is 3.87. The number of pyridine rings is 1. The summed E-state index contributed by atoms with van der Waals surface area (Å²) in [6.45, 7) is 0. The molecule has 0 radical (unpaired) electrons. The molecule has 0 spiro atoms. The fourth-order valence-electron chi connectivity index (χ4n) is 1.77. The number of hydrogen-bond donors (Lipinski definition) is 0. The van der Waals surface area contributed by atoms with Gasteiger partial charge in [0.05, 0.1) is 5.52 Å². The fourth-order valence-corrected chi connectivity index (χ4v) is 2.60. The third-order valence-corrected chi connectivity index (χ3v) is 3.71. The molecule has 1 aromatic carbocycles. The summed E-state index contributed by atoms with van der Waals surface area (Å²) >= 11 is 1.61. The maximum Gasteiger partial charge on any atom is 0.209 e. The maximum atomic E-state index is 4.43. The van der Waals surface area contributed by atoms with Gasteiger partial charge >= 0.3 is 0 Å². The SMILES string of the molecule is Cn1nnnc1SCc1cccc2cccnc12. The molecule has 0 amide bonds. The Kier molecular flexibility index (Phi) is 2.93. The van der Waals surface area contributed by atoms with Gasteiger partial charge in [0.1, 0.15) is 0 Å². The van der Waals surface area contributed by atoms with Gasteiger partial charge in [-0.3, -0.25) is 4.98 Å². The van der Waals surface area contributed by atoms with E-state index in [0.717, 1.165) is 21.8 Å². The van der Waals surface area contributed by atoms with Crippen LogP contribution in [0.5, 0.6) is 0 Å². The van der Waals surface area contributed by atoms with Gasteiger partial charge in [-0.1, -0.05) is 36.0 Å². The molecule has 18 heavy (non-hydrogen) atoms. The topological polar surface area (TPSA) is 56.5 Å². The summed E-state index contributed by atoms with van der Waals surface area (Å²) in [5.41, 5.74) is 2.24. The van der Waals surface area contributed by atoms with Crippen LogP contribution in [0.4, 0.5) is 0 Å². The highest BCUT2D eigenvalue weighted by Gasteiger charge is 2.06. The van der Waals surface area contributed by atoms with Gasteiger partial charge in [-0.2, -0.15) is 0 Å². The van der Waals surface area contributed by atoms with Gasteiger partial charge in [0.15, 0.2) is 0 Å². The molecular weight excluding hydrogens is 246 g/mol. The molecule has 0 bridgehead atoms.